The highest BCUT2D eigenvalue weighted by atomic mass is 16.5. The summed E-state index contributed by atoms with van der Waals surface area (Å²) in [6.45, 7) is 7.99. The standard InChI is InChI=1S/C17H24O4/c1-11(18)20-10-13-7-14(19)9-16(4)6-5-12-8-17(13,16)21-15(12,2)3/h7,12H,5-6,8-10H2,1-4H3/t12-,16-,17?/m1/s1. The van der Waals surface area contributed by atoms with E-state index in [-0.39, 0.29) is 29.4 Å². The summed E-state index contributed by atoms with van der Waals surface area (Å²) in [6.07, 6.45) is 5.20. The summed E-state index contributed by atoms with van der Waals surface area (Å²) in [7, 11) is 0. The number of carbonyl (C=O) groups excluding carboxylic acids is 2. The molecule has 1 heterocycles. The summed E-state index contributed by atoms with van der Waals surface area (Å²) < 4.78 is 11.7. The Hall–Kier alpha value is -1.16. The van der Waals surface area contributed by atoms with E-state index in [1.165, 1.54) is 6.92 Å². The van der Waals surface area contributed by atoms with Crippen LogP contribution in [0.15, 0.2) is 11.6 Å². The van der Waals surface area contributed by atoms with Crippen molar-refractivity contribution in [3.8, 4) is 0 Å². The molecule has 2 aliphatic carbocycles. The van der Waals surface area contributed by atoms with Gasteiger partial charge in [0, 0.05) is 24.3 Å². The van der Waals surface area contributed by atoms with Crippen LogP contribution >= 0.6 is 0 Å². The highest BCUT2D eigenvalue weighted by Crippen LogP contribution is 2.64. The molecule has 0 aromatic heterocycles. The summed E-state index contributed by atoms with van der Waals surface area (Å²) in [5.74, 6) is 0.299. The van der Waals surface area contributed by atoms with Crippen LogP contribution in [0.1, 0.15) is 53.4 Å². The smallest absolute Gasteiger partial charge is 0.302 e. The van der Waals surface area contributed by atoms with Crippen LogP contribution in [0.2, 0.25) is 0 Å². The molecule has 0 N–H and O–H groups in total. The Labute approximate surface area is 125 Å². The zero-order chi connectivity index (χ0) is 15.5. The number of carbonyl (C=O) groups is 2. The van der Waals surface area contributed by atoms with Gasteiger partial charge in [-0.1, -0.05) is 6.92 Å². The first-order valence-electron chi connectivity index (χ1n) is 7.76. The third-order valence-corrected chi connectivity index (χ3v) is 5.82. The Morgan fingerprint density at radius 2 is 2.14 bits per heavy atom. The molecule has 2 bridgehead atoms. The van der Waals surface area contributed by atoms with Gasteiger partial charge in [0.25, 0.3) is 0 Å². The summed E-state index contributed by atoms with van der Waals surface area (Å²) in [6, 6.07) is 0. The minimum Gasteiger partial charge on any atom is -0.461 e. The van der Waals surface area contributed by atoms with Crippen LogP contribution in [-0.4, -0.2) is 29.6 Å². The first kappa shape index (κ1) is 14.8. The van der Waals surface area contributed by atoms with Gasteiger partial charge in [0.2, 0.25) is 0 Å². The molecule has 116 valence electrons. The minimum absolute atomic E-state index is 0.122. The zero-order valence-corrected chi connectivity index (χ0v) is 13.3. The number of hydrogen-bond acceptors (Lipinski definition) is 4. The molecule has 1 saturated heterocycles. The van der Waals surface area contributed by atoms with E-state index >= 15 is 0 Å². The Bertz CT molecular complexity index is 533. The molecule has 1 aliphatic heterocycles. The van der Waals surface area contributed by atoms with Crippen LogP contribution in [-0.2, 0) is 19.1 Å². The first-order valence-corrected chi connectivity index (χ1v) is 7.76. The molecule has 0 aromatic rings. The molecular formula is C17H24O4. The maximum Gasteiger partial charge on any atom is 0.302 e. The molecule has 2 fully saturated rings. The summed E-state index contributed by atoms with van der Waals surface area (Å²) in [5.41, 5.74) is 0.0428. The number of hydrogen-bond donors (Lipinski definition) is 0. The Morgan fingerprint density at radius 3 is 2.81 bits per heavy atom. The van der Waals surface area contributed by atoms with Gasteiger partial charge in [-0.2, -0.15) is 0 Å². The summed E-state index contributed by atoms with van der Waals surface area (Å²) in [5, 5.41) is 0. The average molecular weight is 292 g/mol. The fourth-order valence-electron chi connectivity index (χ4n) is 4.58. The lowest BCUT2D eigenvalue weighted by Gasteiger charge is -2.51. The highest BCUT2D eigenvalue weighted by molar-refractivity contribution is 5.93. The molecule has 1 saturated carbocycles. The largest absolute Gasteiger partial charge is 0.461 e. The second kappa shape index (κ2) is 4.42. The van der Waals surface area contributed by atoms with E-state index in [4.69, 9.17) is 9.47 Å². The molecule has 4 heteroatoms. The maximum absolute atomic E-state index is 12.1. The van der Waals surface area contributed by atoms with Gasteiger partial charge < -0.3 is 9.47 Å². The van der Waals surface area contributed by atoms with Crippen LogP contribution in [0.25, 0.3) is 0 Å². The lowest BCUT2D eigenvalue weighted by molar-refractivity contribution is -0.152. The molecule has 0 amide bonds. The van der Waals surface area contributed by atoms with Crippen molar-refractivity contribution in [2.75, 3.05) is 6.61 Å². The van der Waals surface area contributed by atoms with Crippen LogP contribution in [0, 0.1) is 11.3 Å². The summed E-state index contributed by atoms with van der Waals surface area (Å²) in [4.78, 5) is 23.3. The van der Waals surface area contributed by atoms with Gasteiger partial charge in [-0.25, -0.2) is 0 Å². The van der Waals surface area contributed by atoms with E-state index in [1.54, 1.807) is 6.08 Å². The van der Waals surface area contributed by atoms with E-state index in [0.717, 1.165) is 24.8 Å². The highest BCUT2D eigenvalue weighted by Gasteiger charge is 2.65. The second-order valence-electron chi connectivity index (χ2n) is 7.63. The maximum atomic E-state index is 12.1. The van der Waals surface area contributed by atoms with Gasteiger partial charge in [0.1, 0.15) is 6.61 Å². The van der Waals surface area contributed by atoms with Gasteiger partial charge in [0.05, 0.1) is 11.2 Å². The Balaban J connectivity index is 2.02. The van der Waals surface area contributed by atoms with Crippen LogP contribution in [0.5, 0.6) is 0 Å². The normalized spacial score (nSPS) is 40.5. The average Bonchev–Trinajstić information content (AvgIpc) is 2.59. The van der Waals surface area contributed by atoms with E-state index in [9.17, 15) is 9.59 Å². The van der Waals surface area contributed by atoms with Crippen molar-refractivity contribution < 1.29 is 19.1 Å². The molecule has 4 nitrogen and oxygen atoms in total. The van der Waals surface area contributed by atoms with Crippen molar-refractivity contribution in [2.24, 2.45) is 11.3 Å². The minimum atomic E-state index is -0.442. The molecule has 0 aromatic carbocycles. The quantitative estimate of drug-likeness (QED) is 0.734. The van der Waals surface area contributed by atoms with Crippen molar-refractivity contribution >= 4 is 11.8 Å². The van der Waals surface area contributed by atoms with Crippen LogP contribution in [0.3, 0.4) is 0 Å². The third kappa shape index (κ3) is 2.07. The molecule has 1 spiro atoms. The van der Waals surface area contributed by atoms with Crippen molar-refractivity contribution in [3.05, 3.63) is 11.6 Å². The lowest BCUT2D eigenvalue weighted by atomic mass is 9.55. The fraction of sp³-hybridized carbons (Fsp3) is 0.765. The lowest BCUT2D eigenvalue weighted by Crippen LogP contribution is -2.54. The molecule has 3 rings (SSSR count). The number of esters is 1. The van der Waals surface area contributed by atoms with Gasteiger partial charge in [-0.05, 0) is 45.1 Å². The Kier molecular flexibility index (Phi) is 3.11. The molecule has 3 aliphatic rings. The van der Waals surface area contributed by atoms with Crippen molar-refractivity contribution in [1.82, 2.24) is 0 Å². The monoisotopic (exact) mass is 292 g/mol. The van der Waals surface area contributed by atoms with Crippen molar-refractivity contribution in [3.63, 3.8) is 0 Å². The topological polar surface area (TPSA) is 52.6 Å². The molecule has 0 radical (unpaired) electrons. The van der Waals surface area contributed by atoms with E-state index in [0.29, 0.717) is 12.3 Å². The second-order valence-corrected chi connectivity index (χ2v) is 7.63. The van der Waals surface area contributed by atoms with E-state index < -0.39 is 5.60 Å². The van der Waals surface area contributed by atoms with Gasteiger partial charge >= 0.3 is 5.97 Å². The third-order valence-electron chi connectivity index (χ3n) is 5.82. The Morgan fingerprint density at radius 1 is 1.43 bits per heavy atom. The SMILES string of the molecule is CC(=O)OCC1=CC(=O)C[C@@]2(C)CC[C@@H]3CC12OC3(C)C. The number of ether oxygens (including phenoxy) is 2. The van der Waals surface area contributed by atoms with Gasteiger partial charge in [-0.3, -0.25) is 9.59 Å². The number of fused-ring (bicyclic) bond motifs is 1. The van der Waals surface area contributed by atoms with Gasteiger partial charge in [0.15, 0.2) is 5.78 Å². The number of allylic oxidation sites excluding steroid dienone is 1. The summed E-state index contributed by atoms with van der Waals surface area (Å²) >= 11 is 0. The molecular weight excluding hydrogens is 268 g/mol. The molecule has 3 atom stereocenters. The van der Waals surface area contributed by atoms with Crippen LogP contribution in [0.4, 0.5) is 0 Å². The van der Waals surface area contributed by atoms with Crippen molar-refractivity contribution in [2.45, 2.75) is 64.6 Å². The number of rotatable bonds is 2. The van der Waals surface area contributed by atoms with E-state index in [2.05, 4.69) is 20.8 Å². The molecule has 1 unspecified atom stereocenters. The van der Waals surface area contributed by atoms with E-state index in [1.807, 2.05) is 0 Å². The first-order chi connectivity index (χ1) is 9.68. The zero-order valence-electron chi connectivity index (χ0n) is 13.3. The van der Waals surface area contributed by atoms with Gasteiger partial charge in [-0.15, -0.1) is 0 Å². The number of ketones is 1. The fourth-order valence-corrected chi connectivity index (χ4v) is 4.58. The van der Waals surface area contributed by atoms with Crippen molar-refractivity contribution in [1.29, 1.82) is 0 Å². The van der Waals surface area contributed by atoms with Crippen LogP contribution < -0.4 is 0 Å². The molecule has 21 heavy (non-hydrogen) atoms. The predicted molar refractivity (Wildman–Crippen MR) is 77.7 cm³/mol. The predicted octanol–water partition coefficient (Wildman–Crippen LogP) is 2.80.